The van der Waals surface area contributed by atoms with Gasteiger partial charge in [-0.3, -0.25) is 4.31 Å². The van der Waals surface area contributed by atoms with Crippen molar-refractivity contribution < 1.29 is 23.2 Å². The normalized spacial score (nSPS) is 12.3. The van der Waals surface area contributed by atoms with E-state index in [9.17, 15) is 18.9 Å². The summed E-state index contributed by atoms with van der Waals surface area (Å²) in [4.78, 5) is 18.6. The number of hydrogen-bond acceptors (Lipinski definition) is 5. The first-order valence-corrected chi connectivity index (χ1v) is 8.20. The monoisotopic (exact) mass is 352 g/mol. The van der Waals surface area contributed by atoms with E-state index >= 15 is 0 Å². The molecule has 0 bridgehead atoms. The van der Waals surface area contributed by atoms with Gasteiger partial charge in [0.05, 0.1) is 0 Å². The molecule has 0 aliphatic rings. The second-order valence-electron chi connectivity index (χ2n) is 3.75. The van der Waals surface area contributed by atoms with Gasteiger partial charge in [-0.05, 0) is 17.5 Å². The smallest absolute Gasteiger partial charge is 0.781 e. The minimum absolute atomic E-state index is 0. The molecule has 0 saturated carbocycles. The van der Waals surface area contributed by atoms with Gasteiger partial charge in [-0.15, -0.1) is 0 Å². The molecule has 2 unspecified atom stereocenters. The Labute approximate surface area is 154 Å². The van der Waals surface area contributed by atoms with Crippen LogP contribution in [-0.2, 0) is 19.9 Å². The molecule has 0 fully saturated rings. The summed E-state index contributed by atoms with van der Waals surface area (Å²) < 4.78 is 21.8. The van der Waals surface area contributed by atoms with Crippen LogP contribution < -0.4 is 9.79 Å². The van der Waals surface area contributed by atoms with Crippen molar-refractivity contribution in [3.8, 4) is 0 Å². The average Bonchev–Trinajstić information content (AvgIpc) is 2.40. The SMILES string of the molecule is O=[PH]([O-])O[PH](=O)[O-].[Ca+2].c1ccc(Cc2ccccc2)cc1. The summed E-state index contributed by atoms with van der Waals surface area (Å²) in [7, 11) is -7.03. The van der Waals surface area contributed by atoms with Crippen molar-refractivity contribution in [2.75, 3.05) is 0 Å². The van der Waals surface area contributed by atoms with Crippen molar-refractivity contribution >= 4 is 54.2 Å². The van der Waals surface area contributed by atoms with E-state index in [1.54, 1.807) is 0 Å². The number of benzene rings is 2. The van der Waals surface area contributed by atoms with Gasteiger partial charge in [-0.25, -0.2) is 0 Å². The molecule has 0 N–H and O–H groups in total. The summed E-state index contributed by atoms with van der Waals surface area (Å²) in [5.41, 5.74) is 2.74. The van der Waals surface area contributed by atoms with E-state index in [1.165, 1.54) is 11.1 Å². The van der Waals surface area contributed by atoms with Crippen LogP contribution in [-0.4, -0.2) is 37.7 Å². The van der Waals surface area contributed by atoms with Crippen LogP contribution in [0.15, 0.2) is 60.7 Å². The number of rotatable bonds is 4. The summed E-state index contributed by atoms with van der Waals surface area (Å²) in [6.07, 6.45) is 1.03. The molecule has 2 aromatic carbocycles. The predicted octanol–water partition coefficient (Wildman–Crippen LogP) is 1.40. The number of hydrogen-bond donors (Lipinski definition) is 0. The molecule has 2 aromatic rings. The Kier molecular flexibility index (Phi) is 12.6. The Morgan fingerprint density at radius 2 is 1.10 bits per heavy atom. The third-order valence-electron chi connectivity index (χ3n) is 2.26. The van der Waals surface area contributed by atoms with Gasteiger partial charge in [0.1, 0.15) is 16.5 Å². The maximum Gasteiger partial charge on any atom is 2.00 e. The summed E-state index contributed by atoms with van der Waals surface area (Å²) >= 11 is 0. The molecule has 0 amide bonds. The van der Waals surface area contributed by atoms with Crippen molar-refractivity contribution in [2.24, 2.45) is 0 Å². The predicted molar refractivity (Wildman–Crippen MR) is 80.5 cm³/mol. The molecular formula is C13H14CaO5P2. The zero-order valence-corrected chi connectivity index (χ0v) is 15.4. The molecular weight excluding hydrogens is 338 g/mol. The molecule has 0 spiro atoms. The van der Waals surface area contributed by atoms with Crippen LogP contribution in [0, 0.1) is 0 Å². The Bertz CT molecular complexity index is 502. The fourth-order valence-electron chi connectivity index (χ4n) is 1.50. The zero-order chi connectivity index (χ0) is 14.8. The largest absolute Gasteiger partial charge is 2.00 e. The summed E-state index contributed by atoms with van der Waals surface area (Å²) in [6, 6.07) is 21.1. The van der Waals surface area contributed by atoms with Crippen molar-refractivity contribution in [3.63, 3.8) is 0 Å². The van der Waals surface area contributed by atoms with E-state index in [-0.39, 0.29) is 37.7 Å². The van der Waals surface area contributed by atoms with Crippen molar-refractivity contribution in [3.05, 3.63) is 71.8 Å². The maximum absolute atomic E-state index is 9.29. The first kappa shape index (κ1) is 21.0. The Balaban J connectivity index is 0.000000436. The molecule has 8 heteroatoms. The van der Waals surface area contributed by atoms with Gasteiger partial charge in [0.25, 0.3) is 0 Å². The molecule has 0 aromatic heterocycles. The van der Waals surface area contributed by atoms with Gasteiger partial charge in [0.2, 0.25) is 0 Å². The standard InChI is InChI=1S/C13H12.Ca.H4O5P2/c1-3-7-12(8-4-1)11-13-9-5-2-6-10-13;;1-6(2)5-7(3)4/h1-10H,11H2;;6-7H,(H,1,2)(H,3,4)/q;+2;/p-2. The van der Waals surface area contributed by atoms with Crippen LogP contribution in [0.2, 0.25) is 0 Å². The zero-order valence-electron chi connectivity index (χ0n) is 11.2. The Morgan fingerprint density at radius 3 is 1.33 bits per heavy atom. The van der Waals surface area contributed by atoms with Crippen LogP contribution in [0.1, 0.15) is 11.1 Å². The van der Waals surface area contributed by atoms with Crippen LogP contribution in [0.25, 0.3) is 0 Å². The fraction of sp³-hybridized carbons (Fsp3) is 0.0769. The summed E-state index contributed by atoms with van der Waals surface area (Å²) in [5.74, 6) is 0. The van der Waals surface area contributed by atoms with Gasteiger partial charge >= 0.3 is 37.7 Å². The van der Waals surface area contributed by atoms with Gasteiger partial charge in [0, 0.05) is 0 Å². The molecule has 0 aliphatic heterocycles. The Morgan fingerprint density at radius 1 is 0.762 bits per heavy atom. The van der Waals surface area contributed by atoms with Gasteiger partial charge < -0.3 is 18.9 Å². The van der Waals surface area contributed by atoms with E-state index in [1.807, 2.05) is 0 Å². The van der Waals surface area contributed by atoms with E-state index in [0.29, 0.717) is 0 Å². The van der Waals surface area contributed by atoms with Gasteiger partial charge in [-0.2, -0.15) is 0 Å². The fourth-order valence-corrected chi connectivity index (χ4v) is 2.04. The van der Waals surface area contributed by atoms with Crippen molar-refractivity contribution in [2.45, 2.75) is 6.42 Å². The third kappa shape index (κ3) is 11.3. The molecule has 2 rings (SSSR count). The van der Waals surface area contributed by atoms with Crippen molar-refractivity contribution in [1.29, 1.82) is 0 Å². The molecule has 2 atom stereocenters. The van der Waals surface area contributed by atoms with Crippen LogP contribution in [0.3, 0.4) is 0 Å². The topological polar surface area (TPSA) is 89.5 Å². The summed E-state index contributed by atoms with van der Waals surface area (Å²) in [6.45, 7) is 0. The van der Waals surface area contributed by atoms with Crippen molar-refractivity contribution in [1.82, 2.24) is 0 Å². The second kappa shape index (κ2) is 12.6. The van der Waals surface area contributed by atoms with Gasteiger partial charge in [0.15, 0.2) is 0 Å². The summed E-state index contributed by atoms with van der Waals surface area (Å²) in [5, 5.41) is 0. The molecule has 0 saturated heterocycles. The van der Waals surface area contributed by atoms with E-state index in [2.05, 4.69) is 65.0 Å². The maximum atomic E-state index is 9.29. The third-order valence-corrected chi connectivity index (χ3v) is 3.59. The van der Waals surface area contributed by atoms with E-state index < -0.39 is 16.5 Å². The van der Waals surface area contributed by atoms with Gasteiger partial charge in [-0.1, -0.05) is 60.7 Å². The van der Waals surface area contributed by atoms with Crippen LogP contribution >= 0.6 is 16.5 Å². The average molecular weight is 352 g/mol. The van der Waals surface area contributed by atoms with Crippen LogP contribution in [0.4, 0.5) is 0 Å². The molecule has 0 heterocycles. The molecule has 108 valence electrons. The molecule has 5 nitrogen and oxygen atoms in total. The molecule has 21 heavy (non-hydrogen) atoms. The van der Waals surface area contributed by atoms with E-state index in [0.717, 1.165) is 6.42 Å². The minimum atomic E-state index is -3.51. The van der Waals surface area contributed by atoms with E-state index in [4.69, 9.17) is 0 Å². The quantitative estimate of drug-likeness (QED) is 0.613. The second-order valence-corrected chi connectivity index (χ2v) is 5.57. The molecule has 0 radical (unpaired) electrons. The Hall–Kier alpha value is 0.0397. The first-order chi connectivity index (χ1) is 9.58. The molecule has 0 aliphatic carbocycles. The first-order valence-electron chi connectivity index (χ1n) is 5.75. The minimum Gasteiger partial charge on any atom is -0.781 e. The van der Waals surface area contributed by atoms with Crippen LogP contribution in [0.5, 0.6) is 0 Å².